The van der Waals surface area contributed by atoms with Gasteiger partial charge in [0.2, 0.25) is 0 Å². The molecule has 0 radical (unpaired) electrons. The standard InChI is InChI=1S/C12H14BrN3S/c1-7-4-9(6-10(13)5-7)12-16-15-11(17-12)8(2)14-3/h4-6,8,14H,1-3H3. The Morgan fingerprint density at radius 2 is 2.06 bits per heavy atom. The summed E-state index contributed by atoms with van der Waals surface area (Å²) in [4.78, 5) is 0. The lowest BCUT2D eigenvalue weighted by Gasteiger charge is -2.03. The third-order valence-electron chi connectivity index (χ3n) is 2.53. The van der Waals surface area contributed by atoms with Crippen LogP contribution >= 0.6 is 27.3 Å². The summed E-state index contributed by atoms with van der Waals surface area (Å²) in [5.41, 5.74) is 2.33. The molecule has 2 rings (SSSR count). The molecule has 0 aliphatic heterocycles. The van der Waals surface area contributed by atoms with Gasteiger partial charge in [-0.05, 0) is 44.7 Å². The van der Waals surface area contributed by atoms with Gasteiger partial charge < -0.3 is 5.32 Å². The molecule has 0 saturated carbocycles. The molecule has 90 valence electrons. The van der Waals surface area contributed by atoms with Crippen LogP contribution in [0.4, 0.5) is 0 Å². The highest BCUT2D eigenvalue weighted by Gasteiger charge is 2.11. The van der Waals surface area contributed by atoms with E-state index in [1.165, 1.54) is 5.56 Å². The van der Waals surface area contributed by atoms with Crippen LogP contribution in [0.15, 0.2) is 22.7 Å². The number of benzene rings is 1. The average molecular weight is 312 g/mol. The zero-order chi connectivity index (χ0) is 12.4. The van der Waals surface area contributed by atoms with Gasteiger partial charge in [0.25, 0.3) is 0 Å². The zero-order valence-corrected chi connectivity index (χ0v) is 12.4. The van der Waals surface area contributed by atoms with Gasteiger partial charge in [-0.2, -0.15) is 0 Å². The second-order valence-electron chi connectivity index (χ2n) is 3.97. The summed E-state index contributed by atoms with van der Waals surface area (Å²) < 4.78 is 1.07. The Morgan fingerprint density at radius 3 is 2.71 bits per heavy atom. The highest BCUT2D eigenvalue weighted by Crippen LogP contribution is 2.29. The first-order valence-electron chi connectivity index (χ1n) is 5.38. The Labute approximate surface area is 113 Å². The van der Waals surface area contributed by atoms with E-state index in [4.69, 9.17) is 0 Å². The number of aromatic nitrogens is 2. The summed E-state index contributed by atoms with van der Waals surface area (Å²) in [6.45, 7) is 4.16. The van der Waals surface area contributed by atoms with Crippen LogP contribution in [-0.2, 0) is 0 Å². The molecular formula is C12H14BrN3S. The first kappa shape index (κ1) is 12.7. The van der Waals surface area contributed by atoms with Gasteiger partial charge in [-0.3, -0.25) is 0 Å². The van der Waals surface area contributed by atoms with E-state index in [9.17, 15) is 0 Å². The number of hydrogen-bond donors (Lipinski definition) is 1. The third-order valence-corrected chi connectivity index (χ3v) is 4.15. The highest BCUT2D eigenvalue weighted by atomic mass is 79.9. The molecule has 2 aromatic rings. The Bertz CT molecular complexity index is 504. The molecule has 5 heteroatoms. The molecule has 0 spiro atoms. The average Bonchev–Trinajstić information content (AvgIpc) is 2.76. The largest absolute Gasteiger partial charge is 0.311 e. The monoisotopic (exact) mass is 311 g/mol. The lowest BCUT2D eigenvalue weighted by atomic mass is 10.1. The molecule has 1 aromatic carbocycles. The Balaban J connectivity index is 2.36. The predicted molar refractivity (Wildman–Crippen MR) is 75.3 cm³/mol. The van der Waals surface area contributed by atoms with E-state index < -0.39 is 0 Å². The minimum absolute atomic E-state index is 0.245. The molecule has 1 N–H and O–H groups in total. The molecule has 1 heterocycles. The van der Waals surface area contributed by atoms with E-state index in [-0.39, 0.29) is 6.04 Å². The van der Waals surface area contributed by atoms with Gasteiger partial charge in [0.15, 0.2) is 0 Å². The summed E-state index contributed by atoms with van der Waals surface area (Å²) >= 11 is 5.13. The van der Waals surface area contributed by atoms with Crippen LogP contribution in [0.2, 0.25) is 0 Å². The molecule has 0 aliphatic rings. The summed E-state index contributed by atoms with van der Waals surface area (Å²) in [7, 11) is 1.93. The van der Waals surface area contributed by atoms with Crippen molar-refractivity contribution in [3.8, 4) is 10.6 Å². The smallest absolute Gasteiger partial charge is 0.147 e. The molecule has 1 unspecified atom stereocenters. The fourth-order valence-electron chi connectivity index (χ4n) is 1.51. The maximum atomic E-state index is 4.25. The molecule has 1 aromatic heterocycles. The quantitative estimate of drug-likeness (QED) is 0.942. The van der Waals surface area contributed by atoms with E-state index >= 15 is 0 Å². The maximum Gasteiger partial charge on any atom is 0.147 e. The molecule has 0 aliphatic carbocycles. The zero-order valence-electron chi connectivity index (χ0n) is 9.99. The summed E-state index contributed by atoms with van der Waals surface area (Å²) in [5.74, 6) is 0. The Morgan fingerprint density at radius 1 is 1.29 bits per heavy atom. The number of rotatable bonds is 3. The van der Waals surface area contributed by atoms with Gasteiger partial charge in [-0.1, -0.05) is 27.3 Å². The van der Waals surface area contributed by atoms with Crippen molar-refractivity contribution in [2.45, 2.75) is 19.9 Å². The molecule has 17 heavy (non-hydrogen) atoms. The van der Waals surface area contributed by atoms with Crippen LogP contribution in [0, 0.1) is 6.92 Å². The number of halogens is 1. The lowest BCUT2D eigenvalue weighted by Crippen LogP contribution is -2.11. The molecule has 0 amide bonds. The van der Waals surface area contributed by atoms with E-state index in [2.05, 4.69) is 63.5 Å². The van der Waals surface area contributed by atoms with Crippen molar-refractivity contribution in [2.24, 2.45) is 0 Å². The van der Waals surface area contributed by atoms with Gasteiger partial charge in [0.1, 0.15) is 10.0 Å². The van der Waals surface area contributed by atoms with Crippen LogP contribution in [0.3, 0.4) is 0 Å². The van der Waals surface area contributed by atoms with Crippen LogP contribution in [-0.4, -0.2) is 17.2 Å². The maximum absolute atomic E-state index is 4.25. The van der Waals surface area contributed by atoms with Crippen molar-refractivity contribution in [3.63, 3.8) is 0 Å². The fourth-order valence-corrected chi connectivity index (χ4v) is 3.01. The topological polar surface area (TPSA) is 37.8 Å². The minimum Gasteiger partial charge on any atom is -0.311 e. The normalized spacial score (nSPS) is 12.7. The number of nitrogens with one attached hydrogen (secondary N) is 1. The predicted octanol–water partition coefficient (Wildman–Crippen LogP) is 3.56. The molecule has 0 fully saturated rings. The van der Waals surface area contributed by atoms with Crippen molar-refractivity contribution >= 4 is 27.3 Å². The molecule has 3 nitrogen and oxygen atoms in total. The van der Waals surface area contributed by atoms with E-state index in [1.807, 2.05) is 7.05 Å². The van der Waals surface area contributed by atoms with Gasteiger partial charge in [-0.25, -0.2) is 0 Å². The molecular weight excluding hydrogens is 298 g/mol. The summed E-state index contributed by atoms with van der Waals surface area (Å²) in [6.07, 6.45) is 0. The number of aryl methyl sites for hydroxylation is 1. The van der Waals surface area contributed by atoms with Gasteiger partial charge >= 0.3 is 0 Å². The van der Waals surface area contributed by atoms with Gasteiger partial charge in [0, 0.05) is 10.0 Å². The molecule has 0 saturated heterocycles. The van der Waals surface area contributed by atoms with E-state index in [1.54, 1.807) is 11.3 Å². The van der Waals surface area contributed by atoms with Gasteiger partial charge in [-0.15, -0.1) is 10.2 Å². The van der Waals surface area contributed by atoms with Gasteiger partial charge in [0.05, 0.1) is 6.04 Å². The highest BCUT2D eigenvalue weighted by molar-refractivity contribution is 9.10. The van der Waals surface area contributed by atoms with Crippen LogP contribution in [0.25, 0.3) is 10.6 Å². The first-order valence-corrected chi connectivity index (χ1v) is 6.99. The number of hydrogen-bond acceptors (Lipinski definition) is 4. The molecule has 1 atom stereocenters. The Kier molecular flexibility index (Phi) is 3.91. The minimum atomic E-state index is 0.245. The summed E-state index contributed by atoms with van der Waals surface area (Å²) in [5, 5.41) is 13.6. The van der Waals surface area contributed by atoms with E-state index in [0.29, 0.717) is 0 Å². The van der Waals surface area contributed by atoms with Crippen LogP contribution < -0.4 is 5.32 Å². The number of nitrogens with zero attached hydrogens (tertiary/aromatic N) is 2. The van der Waals surface area contributed by atoms with E-state index in [0.717, 1.165) is 20.1 Å². The lowest BCUT2D eigenvalue weighted by molar-refractivity contribution is 0.640. The van der Waals surface area contributed by atoms with Crippen molar-refractivity contribution < 1.29 is 0 Å². The third kappa shape index (κ3) is 2.91. The van der Waals surface area contributed by atoms with Crippen LogP contribution in [0.5, 0.6) is 0 Å². The Hall–Kier alpha value is -0.780. The first-order chi connectivity index (χ1) is 8.10. The van der Waals surface area contributed by atoms with Crippen molar-refractivity contribution in [2.75, 3.05) is 7.05 Å². The van der Waals surface area contributed by atoms with Crippen molar-refractivity contribution in [1.29, 1.82) is 0 Å². The second kappa shape index (κ2) is 5.25. The molecule has 0 bridgehead atoms. The van der Waals surface area contributed by atoms with Crippen molar-refractivity contribution in [1.82, 2.24) is 15.5 Å². The fraction of sp³-hybridized carbons (Fsp3) is 0.333. The summed E-state index contributed by atoms with van der Waals surface area (Å²) in [6, 6.07) is 6.52. The van der Waals surface area contributed by atoms with Crippen molar-refractivity contribution in [3.05, 3.63) is 33.2 Å². The van der Waals surface area contributed by atoms with Crippen LogP contribution in [0.1, 0.15) is 23.5 Å². The SMILES string of the molecule is CNC(C)c1nnc(-c2cc(C)cc(Br)c2)s1. The second-order valence-corrected chi connectivity index (χ2v) is 5.90.